The van der Waals surface area contributed by atoms with Crippen LogP contribution in [-0.2, 0) is 16.6 Å². The summed E-state index contributed by atoms with van der Waals surface area (Å²) in [5.41, 5.74) is 0.0430. The second-order valence-electron chi connectivity index (χ2n) is 7.00. The molecule has 0 saturated carbocycles. The molecule has 1 saturated heterocycles. The van der Waals surface area contributed by atoms with Crippen molar-refractivity contribution in [2.75, 3.05) is 19.6 Å². The van der Waals surface area contributed by atoms with Crippen LogP contribution in [0.1, 0.15) is 39.9 Å². The molecule has 1 fully saturated rings. The van der Waals surface area contributed by atoms with Crippen LogP contribution in [0.3, 0.4) is 0 Å². The van der Waals surface area contributed by atoms with Crippen LogP contribution in [0.5, 0.6) is 0 Å². The Morgan fingerprint density at radius 2 is 2.10 bits per heavy atom. The second-order valence-corrected chi connectivity index (χ2v) is 8.87. The number of rotatable bonds is 6. The van der Waals surface area contributed by atoms with E-state index in [1.807, 2.05) is 0 Å². The quantitative estimate of drug-likeness (QED) is 0.876. The fraction of sp³-hybridized carbons (Fsp3) is 0.733. The molecule has 6 heteroatoms. The van der Waals surface area contributed by atoms with Gasteiger partial charge in [0, 0.05) is 13.1 Å². The minimum absolute atomic E-state index is 0.0430. The average Bonchev–Trinajstić information content (AvgIpc) is 2.96. The molecule has 1 aliphatic heterocycles. The van der Waals surface area contributed by atoms with E-state index in [1.54, 1.807) is 12.1 Å². The molecule has 0 spiro atoms. The molecule has 0 bridgehead atoms. The summed E-state index contributed by atoms with van der Waals surface area (Å²) < 4.78 is 32.1. The molecular weight excluding hydrogens is 288 g/mol. The summed E-state index contributed by atoms with van der Waals surface area (Å²) in [6.07, 6.45) is 0.885. The van der Waals surface area contributed by atoms with E-state index in [4.69, 9.17) is 4.42 Å². The van der Waals surface area contributed by atoms with Crippen LogP contribution in [-0.4, -0.2) is 32.4 Å². The predicted octanol–water partition coefficient (Wildman–Crippen LogP) is 2.45. The van der Waals surface area contributed by atoms with Crippen LogP contribution in [0.15, 0.2) is 21.6 Å². The van der Waals surface area contributed by atoms with Crippen molar-refractivity contribution in [3.63, 3.8) is 0 Å². The molecule has 0 unspecified atom stereocenters. The van der Waals surface area contributed by atoms with Gasteiger partial charge in [0.2, 0.25) is 5.09 Å². The number of sulfonamides is 1. The van der Waals surface area contributed by atoms with Gasteiger partial charge in [-0.25, -0.2) is 8.42 Å². The Labute approximate surface area is 127 Å². The smallest absolute Gasteiger partial charge is 0.276 e. The fourth-order valence-electron chi connectivity index (χ4n) is 2.47. The first-order valence-corrected chi connectivity index (χ1v) is 8.94. The summed E-state index contributed by atoms with van der Waals surface area (Å²) in [6.45, 7) is 11.0. The highest BCUT2D eigenvalue weighted by molar-refractivity contribution is 7.89. The van der Waals surface area contributed by atoms with Gasteiger partial charge in [-0.2, -0.15) is 4.31 Å². The Morgan fingerprint density at radius 3 is 2.67 bits per heavy atom. The lowest BCUT2D eigenvalue weighted by molar-refractivity contribution is 0.355. The number of furan rings is 1. The van der Waals surface area contributed by atoms with Crippen LogP contribution in [0.25, 0.3) is 0 Å². The minimum Gasteiger partial charge on any atom is -0.447 e. The van der Waals surface area contributed by atoms with E-state index in [0.29, 0.717) is 31.3 Å². The highest BCUT2D eigenvalue weighted by atomic mass is 32.2. The maximum atomic E-state index is 12.5. The van der Waals surface area contributed by atoms with Crippen molar-refractivity contribution < 1.29 is 12.8 Å². The number of nitrogens with one attached hydrogen (secondary N) is 1. The first kappa shape index (κ1) is 16.5. The van der Waals surface area contributed by atoms with E-state index in [1.165, 1.54) is 4.31 Å². The molecule has 0 atom stereocenters. The molecule has 2 heterocycles. The predicted molar refractivity (Wildman–Crippen MR) is 82.4 cm³/mol. The molecule has 5 nitrogen and oxygen atoms in total. The molecule has 1 N–H and O–H groups in total. The van der Waals surface area contributed by atoms with Crippen molar-refractivity contribution in [1.82, 2.24) is 9.62 Å². The summed E-state index contributed by atoms with van der Waals surface area (Å²) in [5.74, 6) is 1.21. The van der Waals surface area contributed by atoms with Crippen LogP contribution in [0.2, 0.25) is 0 Å². The van der Waals surface area contributed by atoms with Gasteiger partial charge in [0.25, 0.3) is 10.0 Å². The molecule has 0 radical (unpaired) electrons. The van der Waals surface area contributed by atoms with Gasteiger partial charge in [0.05, 0.1) is 6.54 Å². The van der Waals surface area contributed by atoms with E-state index in [0.717, 1.165) is 13.0 Å². The number of hydrogen-bond acceptors (Lipinski definition) is 4. The molecule has 0 amide bonds. The normalized spacial score (nSPS) is 19.5. The van der Waals surface area contributed by atoms with E-state index >= 15 is 0 Å². The lowest BCUT2D eigenvalue weighted by Crippen LogP contribution is -2.30. The van der Waals surface area contributed by atoms with E-state index < -0.39 is 10.0 Å². The van der Waals surface area contributed by atoms with Crippen molar-refractivity contribution in [3.05, 3.63) is 17.9 Å². The van der Waals surface area contributed by atoms with E-state index in [2.05, 4.69) is 33.0 Å². The van der Waals surface area contributed by atoms with Gasteiger partial charge >= 0.3 is 0 Å². The molecule has 2 rings (SSSR count). The van der Waals surface area contributed by atoms with Gasteiger partial charge in [-0.1, -0.05) is 27.7 Å². The average molecular weight is 314 g/mol. The molecule has 1 aromatic rings. The molecular formula is C15H26N2O3S. The molecule has 0 aliphatic carbocycles. The monoisotopic (exact) mass is 314 g/mol. The number of hydrogen-bond donors (Lipinski definition) is 1. The first-order chi connectivity index (χ1) is 9.71. The van der Waals surface area contributed by atoms with Crippen LogP contribution >= 0.6 is 0 Å². The van der Waals surface area contributed by atoms with Crippen molar-refractivity contribution >= 4 is 10.0 Å². The van der Waals surface area contributed by atoms with Gasteiger partial charge in [0.1, 0.15) is 5.76 Å². The van der Waals surface area contributed by atoms with Crippen LogP contribution < -0.4 is 5.32 Å². The fourth-order valence-corrected chi connectivity index (χ4v) is 4.03. The Hall–Kier alpha value is -0.850. The lowest BCUT2D eigenvalue weighted by Gasteiger charge is -2.18. The summed E-state index contributed by atoms with van der Waals surface area (Å²) in [5, 5.41) is 3.30. The van der Waals surface area contributed by atoms with Gasteiger partial charge < -0.3 is 9.73 Å². The topological polar surface area (TPSA) is 62.6 Å². The van der Waals surface area contributed by atoms with Gasteiger partial charge in [0.15, 0.2) is 0 Å². The molecule has 1 aromatic heterocycles. The minimum atomic E-state index is -3.49. The van der Waals surface area contributed by atoms with Crippen molar-refractivity contribution in [2.45, 2.75) is 45.8 Å². The van der Waals surface area contributed by atoms with Crippen molar-refractivity contribution in [2.24, 2.45) is 11.3 Å². The van der Waals surface area contributed by atoms with Crippen molar-refractivity contribution in [3.8, 4) is 0 Å². The summed E-state index contributed by atoms with van der Waals surface area (Å²) in [6, 6.07) is 3.30. The summed E-state index contributed by atoms with van der Waals surface area (Å²) >= 11 is 0. The van der Waals surface area contributed by atoms with Crippen LogP contribution in [0.4, 0.5) is 0 Å². The second kappa shape index (κ2) is 6.10. The molecule has 21 heavy (non-hydrogen) atoms. The zero-order chi connectivity index (χ0) is 15.7. The maximum absolute atomic E-state index is 12.5. The Morgan fingerprint density at radius 1 is 1.38 bits per heavy atom. The number of nitrogens with zero attached hydrogens (tertiary/aromatic N) is 1. The Balaban J connectivity index is 2.03. The largest absolute Gasteiger partial charge is 0.447 e. The van der Waals surface area contributed by atoms with Crippen LogP contribution in [0, 0.1) is 11.3 Å². The van der Waals surface area contributed by atoms with E-state index in [-0.39, 0.29) is 10.5 Å². The third-order valence-corrected chi connectivity index (χ3v) is 5.44. The van der Waals surface area contributed by atoms with Gasteiger partial charge in [-0.05, 0) is 36.4 Å². The third-order valence-electron chi connectivity index (χ3n) is 3.73. The maximum Gasteiger partial charge on any atom is 0.276 e. The zero-order valence-electron chi connectivity index (χ0n) is 13.3. The molecule has 1 aliphatic rings. The highest BCUT2D eigenvalue weighted by Crippen LogP contribution is 2.33. The molecule has 120 valence electrons. The summed E-state index contributed by atoms with van der Waals surface area (Å²) in [7, 11) is -3.49. The zero-order valence-corrected chi connectivity index (χ0v) is 14.2. The van der Waals surface area contributed by atoms with Crippen molar-refractivity contribution in [1.29, 1.82) is 0 Å². The third kappa shape index (κ3) is 4.08. The standard InChI is InChI=1S/C15H26N2O3S/c1-12(2)9-16-10-13-5-6-14(20-13)21(18,19)17-8-7-15(3,4)11-17/h5-6,12,16H,7-11H2,1-4H3. The summed E-state index contributed by atoms with van der Waals surface area (Å²) in [4.78, 5) is 0. The van der Waals surface area contributed by atoms with Gasteiger partial charge in [-0.3, -0.25) is 0 Å². The van der Waals surface area contributed by atoms with Gasteiger partial charge in [-0.15, -0.1) is 0 Å². The Kier molecular flexibility index (Phi) is 4.80. The Bertz CT molecular complexity index is 575. The first-order valence-electron chi connectivity index (χ1n) is 7.50. The van der Waals surface area contributed by atoms with E-state index in [9.17, 15) is 8.42 Å². The highest BCUT2D eigenvalue weighted by Gasteiger charge is 2.38. The SMILES string of the molecule is CC(C)CNCc1ccc(S(=O)(=O)N2CCC(C)(C)C2)o1. The molecule has 0 aromatic carbocycles. The lowest BCUT2D eigenvalue weighted by atomic mass is 9.93.